The second-order valence-corrected chi connectivity index (χ2v) is 7.89. The highest BCUT2D eigenvalue weighted by Gasteiger charge is 2.47. The van der Waals surface area contributed by atoms with Gasteiger partial charge in [-0.3, -0.25) is 9.59 Å². The number of benzene rings is 2. The summed E-state index contributed by atoms with van der Waals surface area (Å²) < 4.78 is 19.3. The van der Waals surface area contributed by atoms with Crippen LogP contribution in [0, 0.1) is 5.82 Å². The molecule has 2 fully saturated rings. The van der Waals surface area contributed by atoms with Gasteiger partial charge in [0.15, 0.2) is 0 Å². The highest BCUT2D eigenvalue weighted by atomic mass is 19.1. The molecule has 3 aromatic rings. The highest BCUT2D eigenvalue weighted by Crippen LogP contribution is 2.41. The normalized spacial score (nSPS) is 23.2. The van der Waals surface area contributed by atoms with Crippen LogP contribution >= 0.6 is 0 Å². The van der Waals surface area contributed by atoms with Crippen LogP contribution in [0.15, 0.2) is 60.3 Å². The molecule has 31 heavy (non-hydrogen) atoms. The van der Waals surface area contributed by atoms with Gasteiger partial charge in [-0.15, -0.1) is 0 Å². The number of ether oxygens (including phenoxy) is 1. The monoisotopic (exact) mass is 420 g/mol. The van der Waals surface area contributed by atoms with E-state index in [0.29, 0.717) is 17.7 Å². The Balaban J connectivity index is 1.66. The van der Waals surface area contributed by atoms with Gasteiger partial charge in [-0.25, -0.2) is 4.39 Å². The van der Waals surface area contributed by atoms with Crippen molar-refractivity contribution >= 4 is 28.4 Å². The number of hydrogen-bond donors (Lipinski definition) is 2. The van der Waals surface area contributed by atoms with Gasteiger partial charge in [0, 0.05) is 35.8 Å². The molecule has 1 aromatic heterocycles. The molecule has 0 aliphatic carbocycles. The van der Waals surface area contributed by atoms with E-state index in [1.807, 2.05) is 24.3 Å². The standard InChI is InChI=1S/C24H21FN2O4/c25-15-9-7-14(8-10-15)21-20(22(28)18-12-26-19-6-2-1-5-17(18)19)23(29)24(30)27(21)13-16-4-3-11-31-16/h1-2,5-10,12,16,21,26,28H,3-4,11,13H2/b22-20-. The number of carbonyl (C=O) groups excluding carboxylic acids is 2. The van der Waals surface area contributed by atoms with Crippen LogP contribution in [0.5, 0.6) is 0 Å². The molecule has 2 saturated heterocycles. The molecule has 0 spiro atoms. The number of ketones is 1. The first-order valence-electron chi connectivity index (χ1n) is 10.3. The summed E-state index contributed by atoms with van der Waals surface area (Å²) in [6.45, 7) is 0.850. The lowest BCUT2D eigenvalue weighted by molar-refractivity contribution is -0.140. The molecule has 0 bridgehead atoms. The summed E-state index contributed by atoms with van der Waals surface area (Å²) in [5.74, 6) is -2.11. The van der Waals surface area contributed by atoms with E-state index < -0.39 is 23.5 Å². The molecule has 0 radical (unpaired) electrons. The van der Waals surface area contributed by atoms with E-state index in [0.717, 1.165) is 23.7 Å². The number of H-pyrrole nitrogens is 1. The number of nitrogens with zero attached hydrogens (tertiary/aromatic N) is 1. The topological polar surface area (TPSA) is 82.6 Å². The lowest BCUT2D eigenvalue weighted by Gasteiger charge is -2.27. The fourth-order valence-corrected chi connectivity index (χ4v) is 4.48. The molecule has 1 amide bonds. The molecule has 6 nitrogen and oxygen atoms in total. The largest absolute Gasteiger partial charge is 0.507 e. The van der Waals surface area contributed by atoms with Gasteiger partial charge in [-0.2, -0.15) is 0 Å². The summed E-state index contributed by atoms with van der Waals surface area (Å²) in [4.78, 5) is 30.6. The molecule has 2 atom stereocenters. The molecular weight excluding hydrogens is 399 g/mol. The number of aromatic nitrogens is 1. The first kappa shape index (κ1) is 19.5. The molecule has 2 N–H and O–H groups in total. The zero-order valence-corrected chi connectivity index (χ0v) is 16.7. The van der Waals surface area contributed by atoms with Crippen LogP contribution in [0.4, 0.5) is 4.39 Å². The minimum absolute atomic E-state index is 0.000594. The van der Waals surface area contributed by atoms with Crippen molar-refractivity contribution < 1.29 is 23.8 Å². The number of carbonyl (C=O) groups is 2. The molecule has 2 aliphatic rings. The fourth-order valence-electron chi connectivity index (χ4n) is 4.48. The number of aliphatic hydroxyl groups is 1. The van der Waals surface area contributed by atoms with E-state index in [4.69, 9.17) is 4.74 Å². The summed E-state index contributed by atoms with van der Waals surface area (Å²) in [5, 5.41) is 12.0. The van der Waals surface area contributed by atoms with Gasteiger partial charge in [0.2, 0.25) is 0 Å². The Kier molecular flexibility index (Phi) is 4.82. The molecule has 2 aliphatic heterocycles. The second kappa shape index (κ2) is 7.67. The van der Waals surface area contributed by atoms with Crippen LogP contribution in [0.2, 0.25) is 0 Å². The smallest absolute Gasteiger partial charge is 0.295 e. The van der Waals surface area contributed by atoms with Crippen molar-refractivity contribution in [2.24, 2.45) is 0 Å². The van der Waals surface area contributed by atoms with Gasteiger partial charge in [0.05, 0.1) is 17.7 Å². The Morgan fingerprint density at radius 2 is 1.94 bits per heavy atom. The van der Waals surface area contributed by atoms with Crippen molar-refractivity contribution in [3.63, 3.8) is 0 Å². The summed E-state index contributed by atoms with van der Waals surface area (Å²) in [6.07, 6.45) is 3.14. The number of Topliss-reactive ketones (excluding diaryl/α,β-unsaturated/α-hetero) is 1. The highest BCUT2D eigenvalue weighted by molar-refractivity contribution is 6.46. The van der Waals surface area contributed by atoms with Crippen molar-refractivity contribution in [2.75, 3.05) is 13.2 Å². The number of likely N-dealkylation sites (tertiary alicyclic amines) is 1. The van der Waals surface area contributed by atoms with Crippen LogP contribution in [0.25, 0.3) is 16.7 Å². The number of nitrogens with one attached hydrogen (secondary N) is 1. The zero-order chi connectivity index (χ0) is 21.5. The van der Waals surface area contributed by atoms with E-state index in [1.165, 1.54) is 29.2 Å². The third kappa shape index (κ3) is 3.31. The van der Waals surface area contributed by atoms with Gasteiger partial charge in [-0.1, -0.05) is 30.3 Å². The average molecular weight is 420 g/mol. The number of aromatic amines is 1. The van der Waals surface area contributed by atoms with E-state index >= 15 is 0 Å². The van der Waals surface area contributed by atoms with Crippen molar-refractivity contribution in [1.82, 2.24) is 9.88 Å². The van der Waals surface area contributed by atoms with Crippen molar-refractivity contribution in [1.29, 1.82) is 0 Å². The van der Waals surface area contributed by atoms with Crippen molar-refractivity contribution in [3.05, 3.63) is 77.2 Å². The van der Waals surface area contributed by atoms with Crippen LogP contribution in [0.1, 0.15) is 30.0 Å². The molecule has 158 valence electrons. The Hall–Kier alpha value is -3.45. The van der Waals surface area contributed by atoms with E-state index in [9.17, 15) is 19.1 Å². The lowest BCUT2D eigenvalue weighted by atomic mass is 9.95. The Bertz CT molecular complexity index is 1190. The maximum atomic E-state index is 13.6. The van der Waals surface area contributed by atoms with Crippen LogP contribution < -0.4 is 0 Å². The van der Waals surface area contributed by atoms with Crippen LogP contribution in [-0.4, -0.2) is 45.9 Å². The van der Waals surface area contributed by atoms with Crippen molar-refractivity contribution in [2.45, 2.75) is 25.0 Å². The lowest BCUT2D eigenvalue weighted by Crippen LogP contribution is -2.36. The first-order chi connectivity index (χ1) is 15.0. The SMILES string of the molecule is O=C1C(=O)N(CC2CCCO2)C(c2ccc(F)cc2)/C1=C(/O)c1c[nH]c2ccccc12. The maximum absolute atomic E-state index is 13.6. The summed E-state index contributed by atoms with van der Waals surface area (Å²) >= 11 is 0. The van der Waals surface area contributed by atoms with Crippen LogP contribution in [-0.2, 0) is 14.3 Å². The number of fused-ring (bicyclic) bond motifs is 1. The van der Waals surface area contributed by atoms with E-state index in [1.54, 1.807) is 6.20 Å². The summed E-state index contributed by atoms with van der Waals surface area (Å²) in [7, 11) is 0. The van der Waals surface area contributed by atoms with Crippen LogP contribution in [0.3, 0.4) is 0 Å². The first-order valence-corrected chi connectivity index (χ1v) is 10.3. The van der Waals surface area contributed by atoms with Gasteiger partial charge >= 0.3 is 0 Å². The third-order valence-electron chi connectivity index (χ3n) is 5.99. The number of hydrogen-bond acceptors (Lipinski definition) is 4. The third-order valence-corrected chi connectivity index (χ3v) is 5.99. The summed E-state index contributed by atoms with van der Waals surface area (Å²) in [6, 6.07) is 12.2. The minimum atomic E-state index is -0.821. The number of para-hydroxylation sites is 1. The molecular formula is C24H21FN2O4. The van der Waals surface area contributed by atoms with Gasteiger partial charge < -0.3 is 19.7 Å². The molecule has 7 heteroatoms. The molecule has 5 rings (SSSR count). The average Bonchev–Trinajstić information content (AvgIpc) is 3.50. The van der Waals surface area contributed by atoms with E-state index in [2.05, 4.69) is 4.98 Å². The molecule has 2 aromatic carbocycles. The van der Waals surface area contributed by atoms with Gasteiger partial charge in [0.1, 0.15) is 11.6 Å². The second-order valence-electron chi connectivity index (χ2n) is 7.89. The minimum Gasteiger partial charge on any atom is -0.507 e. The Morgan fingerprint density at radius 1 is 1.16 bits per heavy atom. The quantitative estimate of drug-likeness (QED) is 0.381. The van der Waals surface area contributed by atoms with Gasteiger partial charge in [0.25, 0.3) is 11.7 Å². The molecule has 3 heterocycles. The van der Waals surface area contributed by atoms with Gasteiger partial charge in [-0.05, 0) is 36.6 Å². The zero-order valence-electron chi connectivity index (χ0n) is 16.7. The molecule has 0 saturated carbocycles. The predicted octanol–water partition coefficient (Wildman–Crippen LogP) is 3.91. The Labute approximate surface area is 177 Å². The number of amides is 1. The maximum Gasteiger partial charge on any atom is 0.295 e. The fraction of sp³-hybridized carbons (Fsp3) is 0.250. The Morgan fingerprint density at radius 3 is 2.68 bits per heavy atom. The van der Waals surface area contributed by atoms with Crippen molar-refractivity contribution in [3.8, 4) is 0 Å². The number of aliphatic hydroxyl groups excluding tert-OH is 1. The number of rotatable bonds is 4. The predicted molar refractivity (Wildman–Crippen MR) is 113 cm³/mol. The summed E-state index contributed by atoms with van der Waals surface area (Å²) in [5.41, 5.74) is 1.80. The number of halogens is 1. The van der Waals surface area contributed by atoms with E-state index in [-0.39, 0.29) is 24.0 Å². The molecule has 2 unspecified atom stereocenters.